The Labute approximate surface area is 209 Å². The van der Waals surface area contributed by atoms with Crippen molar-refractivity contribution in [3.8, 4) is 11.4 Å². The second kappa shape index (κ2) is 9.66. The third kappa shape index (κ3) is 4.54. The first kappa shape index (κ1) is 22.6. The van der Waals surface area contributed by atoms with Gasteiger partial charge in [-0.05, 0) is 87.8 Å². The van der Waals surface area contributed by atoms with Crippen molar-refractivity contribution in [2.45, 2.75) is 38.6 Å². The number of aromatic nitrogens is 3. The molecule has 3 heterocycles. The number of rotatable bonds is 4. The van der Waals surface area contributed by atoms with Gasteiger partial charge in [-0.1, -0.05) is 12.1 Å². The average Bonchev–Trinajstić information content (AvgIpc) is 2.90. The Kier molecular flexibility index (Phi) is 6.07. The van der Waals surface area contributed by atoms with E-state index in [1.807, 2.05) is 49.5 Å². The van der Waals surface area contributed by atoms with Crippen LogP contribution in [0.5, 0.6) is 0 Å². The van der Waals surface area contributed by atoms with Crippen molar-refractivity contribution in [1.29, 1.82) is 0 Å². The van der Waals surface area contributed by atoms with E-state index < -0.39 is 0 Å². The number of nitrogens with zero attached hydrogens (tertiary/aromatic N) is 4. The topological polar surface area (TPSA) is 67.1 Å². The molecule has 1 saturated heterocycles. The summed E-state index contributed by atoms with van der Waals surface area (Å²) in [5, 5.41) is 7.87. The van der Waals surface area contributed by atoms with E-state index in [-0.39, 0.29) is 11.9 Å². The fraction of sp³-hybridized carbons (Fsp3) is 0.276. The minimum Gasteiger partial charge on any atom is -0.352 e. The smallest absolute Gasteiger partial charge is 0.100 e. The van der Waals surface area contributed by atoms with E-state index in [0.29, 0.717) is 12.8 Å². The number of para-hydroxylation sites is 2. The van der Waals surface area contributed by atoms with Gasteiger partial charge in [0, 0.05) is 17.8 Å². The van der Waals surface area contributed by atoms with E-state index in [0.717, 1.165) is 76.5 Å². The molecule has 36 heavy (non-hydrogen) atoms. The minimum absolute atomic E-state index is 0.0817. The molecule has 0 unspecified atom stereocenters. The minimum atomic E-state index is -0.0817. The number of halogens is 1. The third-order valence-corrected chi connectivity index (χ3v) is 6.88. The number of allylic oxidation sites excluding steroid dienone is 4. The maximum atomic E-state index is 13.9. The first-order valence-corrected chi connectivity index (χ1v) is 12.6. The molecule has 6 nitrogen and oxygen atoms in total. The lowest BCUT2D eigenvalue weighted by atomic mass is 10.1. The predicted molar refractivity (Wildman–Crippen MR) is 143 cm³/mol. The Morgan fingerprint density at radius 1 is 1.06 bits per heavy atom. The highest BCUT2D eigenvalue weighted by Crippen LogP contribution is 2.33. The van der Waals surface area contributed by atoms with E-state index in [4.69, 9.17) is 9.98 Å². The molecule has 2 N–H and O–H groups in total. The summed E-state index contributed by atoms with van der Waals surface area (Å²) in [7, 11) is 0. The molecule has 2 aliphatic carbocycles. The van der Waals surface area contributed by atoms with Crippen LogP contribution >= 0.6 is 0 Å². The van der Waals surface area contributed by atoms with Crippen LogP contribution in [0.15, 0.2) is 77.7 Å². The summed E-state index contributed by atoms with van der Waals surface area (Å²) in [6.45, 7) is 3.93. The molecule has 1 aromatic heterocycles. The summed E-state index contributed by atoms with van der Waals surface area (Å²) in [5.41, 5.74) is 7.56. The standard InChI is InChI=1S/C29H29FN6/c1-19-6-9-22(18-32-19)34-25-16-27-29(17-26(25)33-21-12-14-31-15-13-21)36(23-10-7-20(30)8-11-23)28-5-3-2-4-24(28)35-27/h2-7,9-10,16-18,21,31,34H,8,11-15H2,1H3. The summed E-state index contributed by atoms with van der Waals surface area (Å²) in [4.78, 5) is 14.7. The number of benzene rings is 2. The SMILES string of the molecule is Cc1ccc(Nc2cc3nc4ccccc4n(C4=CC=C(F)CC4)c-3cc2=NC2CCNCC2)cn1. The molecule has 1 aromatic carbocycles. The number of anilines is 2. The molecule has 1 fully saturated rings. The molecule has 0 saturated carbocycles. The zero-order valence-corrected chi connectivity index (χ0v) is 20.3. The van der Waals surface area contributed by atoms with Crippen LogP contribution in [0.25, 0.3) is 28.1 Å². The monoisotopic (exact) mass is 480 g/mol. The van der Waals surface area contributed by atoms with Gasteiger partial charge in [0.05, 0.1) is 51.4 Å². The van der Waals surface area contributed by atoms with Gasteiger partial charge in [0.25, 0.3) is 0 Å². The highest BCUT2D eigenvalue weighted by atomic mass is 19.1. The molecule has 4 aliphatic rings. The van der Waals surface area contributed by atoms with Crippen molar-refractivity contribution >= 4 is 28.1 Å². The Morgan fingerprint density at radius 3 is 2.69 bits per heavy atom. The van der Waals surface area contributed by atoms with Gasteiger partial charge in [0.15, 0.2) is 0 Å². The first-order valence-electron chi connectivity index (χ1n) is 12.6. The lowest BCUT2D eigenvalue weighted by molar-refractivity contribution is 0.454. The zero-order chi connectivity index (χ0) is 24.5. The van der Waals surface area contributed by atoms with Crippen molar-refractivity contribution in [2.75, 3.05) is 18.4 Å². The van der Waals surface area contributed by atoms with Crippen LogP contribution in [0, 0.1) is 6.92 Å². The second-order valence-corrected chi connectivity index (χ2v) is 9.49. The van der Waals surface area contributed by atoms with Crippen LogP contribution in [0.2, 0.25) is 0 Å². The number of aryl methyl sites for hydroxylation is 1. The average molecular weight is 481 g/mol. The van der Waals surface area contributed by atoms with Crippen molar-refractivity contribution < 1.29 is 4.39 Å². The number of hydrogen-bond donors (Lipinski definition) is 2. The summed E-state index contributed by atoms with van der Waals surface area (Å²) in [6, 6.07) is 16.6. The highest BCUT2D eigenvalue weighted by molar-refractivity contribution is 5.86. The quantitative estimate of drug-likeness (QED) is 0.366. The third-order valence-electron chi connectivity index (χ3n) is 6.88. The number of piperidine rings is 1. The van der Waals surface area contributed by atoms with Crippen LogP contribution in [-0.2, 0) is 0 Å². The van der Waals surface area contributed by atoms with Crippen molar-refractivity contribution in [2.24, 2.45) is 4.99 Å². The number of hydrogen-bond acceptors (Lipinski definition) is 5. The van der Waals surface area contributed by atoms with Gasteiger partial charge in [0.2, 0.25) is 0 Å². The molecule has 2 aromatic rings. The van der Waals surface area contributed by atoms with Crippen LogP contribution in [-0.4, -0.2) is 33.7 Å². The Balaban J connectivity index is 1.59. The number of pyridine rings is 1. The normalized spacial score (nSPS) is 17.3. The largest absolute Gasteiger partial charge is 0.352 e. The maximum absolute atomic E-state index is 13.9. The van der Waals surface area contributed by atoms with Crippen LogP contribution in [0.1, 0.15) is 31.4 Å². The van der Waals surface area contributed by atoms with Crippen molar-refractivity contribution in [3.63, 3.8) is 0 Å². The zero-order valence-electron chi connectivity index (χ0n) is 20.3. The molecule has 0 bridgehead atoms. The molecular weight excluding hydrogens is 451 g/mol. The van der Waals surface area contributed by atoms with Crippen LogP contribution < -0.4 is 16.0 Å². The highest BCUT2D eigenvalue weighted by Gasteiger charge is 2.20. The van der Waals surface area contributed by atoms with E-state index in [9.17, 15) is 4.39 Å². The Hall–Kier alpha value is -3.84. The fourth-order valence-electron chi connectivity index (χ4n) is 4.97. The van der Waals surface area contributed by atoms with E-state index >= 15 is 0 Å². The van der Waals surface area contributed by atoms with E-state index in [1.165, 1.54) is 0 Å². The van der Waals surface area contributed by atoms with Crippen LogP contribution in [0.4, 0.5) is 15.8 Å². The fourth-order valence-corrected chi connectivity index (χ4v) is 4.97. The van der Waals surface area contributed by atoms with Gasteiger partial charge in [-0.15, -0.1) is 0 Å². The first-order chi connectivity index (χ1) is 17.6. The van der Waals surface area contributed by atoms with Crippen molar-refractivity contribution in [3.05, 3.63) is 83.8 Å². The van der Waals surface area contributed by atoms with Gasteiger partial charge in [-0.2, -0.15) is 0 Å². The van der Waals surface area contributed by atoms with Crippen molar-refractivity contribution in [1.82, 2.24) is 19.9 Å². The summed E-state index contributed by atoms with van der Waals surface area (Å²) in [6.07, 6.45) is 8.36. The molecule has 6 rings (SSSR count). The molecule has 0 amide bonds. The molecule has 0 atom stereocenters. The molecule has 2 aliphatic heterocycles. The van der Waals surface area contributed by atoms with E-state index in [2.05, 4.69) is 38.4 Å². The second-order valence-electron chi connectivity index (χ2n) is 9.49. The molecular formula is C29H29FN6. The Bertz CT molecular complexity index is 1510. The van der Waals surface area contributed by atoms with Gasteiger partial charge < -0.3 is 15.2 Å². The van der Waals surface area contributed by atoms with Gasteiger partial charge in [-0.3, -0.25) is 9.98 Å². The summed E-state index contributed by atoms with van der Waals surface area (Å²) >= 11 is 0. The predicted octanol–water partition coefficient (Wildman–Crippen LogP) is 5.73. The summed E-state index contributed by atoms with van der Waals surface area (Å²) in [5.74, 6) is -0.0817. The van der Waals surface area contributed by atoms with Gasteiger partial charge in [0.1, 0.15) is 5.83 Å². The summed E-state index contributed by atoms with van der Waals surface area (Å²) < 4.78 is 16.1. The maximum Gasteiger partial charge on any atom is 0.100 e. The van der Waals surface area contributed by atoms with Gasteiger partial charge >= 0.3 is 0 Å². The van der Waals surface area contributed by atoms with Gasteiger partial charge in [-0.25, -0.2) is 9.37 Å². The molecule has 182 valence electrons. The number of nitrogens with one attached hydrogen (secondary N) is 2. The molecule has 0 spiro atoms. The van der Waals surface area contributed by atoms with Crippen LogP contribution in [0.3, 0.4) is 0 Å². The number of fused-ring (bicyclic) bond motifs is 2. The van der Waals surface area contributed by atoms with E-state index in [1.54, 1.807) is 6.08 Å². The lowest BCUT2D eigenvalue weighted by Gasteiger charge is -2.24. The Morgan fingerprint density at radius 2 is 1.92 bits per heavy atom. The lowest BCUT2D eigenvalue weighted by Crippen LogP contribution is -2.31. The molecule has 0 radical (unpaired) electrons. The molecule has 7 heteroatoms.